The number of aromatic amines is 1. The van der Waals surface area contributed by atoms with Crippen LogP contribution < -0.4 is 0 Å². The summed E-state index contributed by atoms with van der Waals surface area (Å²) in [6, 6.07) is 5.48. The molecule has 0 spiro atoms. The molecule has 3 aromatic rings. The van der Waals surface area contributed by atoms with E-state index in [1.165, 1.54) is 11.3 Å². The molecule has 5 rings (SSSR count). The van der Waals surface area contributed by atoms with Crippen LogP contribution in [-0.4, -0.2) is 82.8 Å². The fourth-order valence-electron chi connectivity index (χ4n) is 3.89. The summed E-state index contributed by atoms with van der Waals surface area (Å²) in [5.74, 6) is -0.156. The molecule has 9 nitrogen and oxygen atoms in total. The van der Waals surface area contributed by atoms with E-state index in [-0.39, 0.29) is 11.8 Å². The zero-order valence-electron chi connectivity index (χ0n) is 16.2. The van der Waals surface area contributed by atoms with E-state index >= 15 is 0 Å². The standard InChI is InChI=1S/C20H21N5O4S/c26-19(14-3-5-22-23-14)25-8-11-29-15(12-25)16-13-2-1-4-21-18(13)30-17(16)20(27)24-6-9-28-10-7-24/h1-5,15H,6-12H2,(H,22,23)/t15-/m0/s1. The number of nitrogens with zero attached hydrogens (tertiary/aromatic N) is 4. The first-order chi connectivity index (χ1) is 14.7. The van der Waals surface area contributed by atoms with Gasteiger partial charge in [0.1, 0.15) is 21.5 Å². The molecule has 30 heavy (non-hydrogen) atoms. The zero-order chi connectivity index (χ0) is 20.5. The summed E-state index contributed by atoms with van der Waals surface area (Å²) in [7, 11) is 0. The smallest absolute Gasteiger partial charge is 0.272 e. The minimum atomic E-state index is -0.399. The van der Waals surface area contributed by atoms with Gasteiger partial charge in [-0.15, -0.1) is 11.3 Å². The molecule has 2 aliphatic heterocycles. The molecule has 2 aliphatic rings. The maximum absolute atomic E-state index is 13.3. The van der Waals surface area contributed by atoms with E-state index in [1.807, 2.05) is 17.0 Å². The molecule has 0 bridgehead atoms. The van der Waals surface area contributed by atoms with E-state index in [0.29, 0.717) is 56.6 Å². The van der Waals surface area contributed by atoms with Gasteiger partial charge in [-0.05, 0) is 12.1 Å². The van der Waals surface area contributed by atoms with Crippen LogP contribution in [0.1, 0.15) is 31.8 Å². The van der Waals surface area contributed by atoms with Gasteiger partial charge in [0.05, 0.1) is 26.4 Å². The van der Waals surface area contributed by atoms with Crippen molar-refractivity contribution < 1.29 is 19.1 Å². The average Bonchev–Trinajstić information content (AvgIpc) is 3.47. The van der Waals surface area contributed by atoms with E-state index in [9.17, 15) is 9.59 Å². The lowest BCUT2D eigenvalue weighted by molar-refractivity contribution is -0.0227. The Labute approximate surface area is 176 Å². The molecule has 3 aromatic heterocycles. The number of H-pyrrole nitrogens is 1. The van der Waals surface area contributed by atoms with Crippen molar-refractivity contribution in [1.82, 2.24) is 25.0 Å². The van der Waals surface area contributed by atoms with Gasteiger partial charge in [0.2, 0.25) is 0 Å². The average molecular weight is 427 g/mol. The number of nitrogens with one attached hydrogen (secondary N) is 1. The van der Waals surface area contributed by atoms with E-state index in [4.69, 9.17) is 9.47 Å². The van der Waals surface area contributed by atoms with Crippen molar-refractivity contribution in [3.05, 3.63) is 46.7 Å². The molecule has 0 saturated carbocycles. The van der Waals surface area contributed by atoms with E-state index < -0.39 is 6.10 Å². The lowest BCUT2D eigenvalue weighted by atomic mass is 10.0. The first kappa shape index (κ1) is 19.2. The van der Waals surface area contributed by atoms with Crippen LogP contribution in [0.3, 0.4) is 0 Å². The van der Waals surface area contributed by atoms with Crippen LogP contribution in [0, 0.1) is 0 Å². The van der Waals surface area contributed by atoms with Crippen molar-refractivity contribution in [3.8, 4) is 0 Å². The summed E-state index contributed by atoms with van der Waals surface area (Å²) in [6.07, 6.45) is 2.88. The second kappa shape index (κ2) is 8.13. The third-order valence-electron chi connectivity index (χ3n) is 5.40. The van der Waals surface area contributed by atoms with Gasteiger partial charge in [0.15, 0.2) is 0 Å². The number of carbonyl (C=O) groups excluding carboxylic acids is 2. The summed E-state index contributed by atoms with van der Waals surface area (Å²) >= 11 is 1.38. The number of ether oxygens (including phenoxy) is 2. The molecule has 0 aromatic carbocycles. The Balaban J connectivity index is 1.49. The number of pyridine rings is 1. The predicted octanol–water partition coefficient (Wildman–Crippen LogP) is 1.71. The Morgan fingerprint density at radius 3 is 2.70 bits per heavy atom. The summed E-state index contributed by atoms with van der Waals surface area (Å²) in [4.78, 5) is 35.6. The Bertz CT molecular complexity index is 1060. The summed E-state index contributed by atoms with van der Waals surface area (Å²) < 4.78 is 11.5. The topological polar surface area (TPSA) is 101 Å². The highest BCUT2D eigenvalue weighted by Gasteiger charge is 2.34. The number of hydrogen-bond donors (Lipinski definition) is 1. The molecule has 2 amide bonds. The Kier molecular flexibility index (Phi) is 5.19. The monoisotopic (exact) mass is 427 g/mol. The van der Waals surface area contributed by atoms with Crippen molar-refractivity contribution in [3.63, 3.8) is 0 Å². The first-order valence-corrected chi connectivity index (χ1v) is 10.7. The number of thiophene rings is 1. The molecule has 5 heterocycles. The second-order valence-electron chi connectivity index (χ2n) is 7.19. The van der Waals surface area contributed by atoms with Crippen molar-refractivity contribution in [2.45, 2.75) is 6.10 Å². The Hall–Kier alpha value is -2.82. The van der Waals surface area contributed by atoms with Crippen molar-refractivity contribution >= 4 is 33.4 Å². The molecular weight excluding hydrogens is 406 g/mol. The van der Waals surface area contributed by atoms with Crippen LogP contribution >= 0.6 is 11.3 Å². The number of amides is 2. The summed E-state index contributed by atoms with van der Waals surface area (Å²) in [5, 5.41) is 7.49. The third-order valence-corrected chi connectivity index (χ3v) is 6.52. The van der Waals surface area contributed by atoms with Gasteiger partial charge >= 0.3 is 0 Å². The fourth-order valence-corrected chi connectivity index (χ4v) is 5.06. The van der Waals surface area contributed by atoms with Crippen LogP contribution in [0.2, 0.25) is 0 Å². The molecule has 2 saturated heterocycles. The first-order valence-electron chi connectivity index (χ1n) is 9.87. The number of carbonyl (C=O) groups is 2. The van der Waals surface area contributed by atoms with Crippen molar-refractivity contribution in [2.24, 2.45) is 0 Å². The van der Waals surface area contributed by atoms with Crippen LogP contribution in [-0.2, 0) is 9.47 Å². The second-order valence-corrected chi connectivity index (χ2v) is 8.19. The third kappa shape index (κ3) is 3.47. The Morgan fingerprint density at radius 2 is 1.90 bits per heavy atom. The van der Waals surface area contributed by atoms with Crippen LogP contribution in [0.25, 0.3) is 10.2 Å². The maximum Gasteiger partial charge on any atom is 0.272 e. The number of aromatic nitrogens is 3. The molecule has 1 N–H and O–H groups in total. The van der Waals surface area contributed by atoms with Gasteiger partial charge < -0.3 is 19.3 Å². The molecule has 1 atom stereocenters. The van der Waals surface area contributed by atoms with Gasteiger partial charge in [-0.2, -0.15) is 5.10 Å². The van der Waals surface area contributed by atoms with E-state index in [1.54, 1.807) is 23.4 Å². The van der Waals surface area contributed by atoms with Crippen LogP contribution in [0.15, 0.2) is 30.6 Å². The zero-order valence-corrected chi connectivity index (χ0v) is 17.1. The normalized spacial score (nSPS) is 19.9. The minimum Gasteiger partial charge on any atom is -0.378 e. The lowest BCUT2D eigenvalue weighted by Gasteiger charge is -2.33. The predicted molar refractivity (Wildman–Crippen MR) is 110 cm³/mol. The van der Waals surface area contributed by atoms with Crippen LogP contribution in [0.4, 0.5) is 0 Å². The largest absolute Gasteiger partial charge is 0.378 e. The molecule has 156 valence electrons. The van der Waals surface area contributed by atoms with Gasteiger partial charge in [0.25, 0.3) is 11.8 Å². The van der Waals surface area contributed by atoms with Crippen LogP contribution in [0.5, 0.6) is 0 Å². The molecule has 2 fully saturated rings. The van der Waals surface area contributed by atoms with Gasteiger partial charge in [-0.1, -0.05) is 6.07 Å². The molecular formula is C20H21N5O4S. The van der Waals surface area contributed by atoms with Gasteiger partial charge in [-0.3, -0.25) is 14.7 Å². The quantitative estimate of drug-likeness (QED) is 0.683. The SMILES string of the molecule is O=C(c1ccn[nH]1)N1CCO[C@H](c2c(C(=O)N3CCOCC3)sc3ncccc23)C1. The highest BCUT2D eigenvalue weighted by atomic mass is 32.1. The van der Waals surface area contributed by atoms with E-state index in [0.717, 1.165) is 15.8 Å². The van der Waals surface area contributed by atoms with Gasteiger partial charge in [0, 0.05) is 43.0 Å². The van der Waals surface area contributed by atoms with E-state index in [2.05, 4.69) is 15.2 Å². The molecule has 10 heteroatoms. The highest BCUT2D eigenvalue weighted by Crippen LogP contribution is 2.38. The number of rotatable bonds is 3. The molecule has 0 radical (unpaired) electrons. The Morgan fingerprint density at radius 1 is 1.07 bits per heavy atom. The molecule has 0 aliphatic carbocycles. The van der Waals surface area contributed by atoms with Crippen molar-refractivity contribution in [1.29, 1.82) is 0 Å². The maximum atomic E-state index is 13.3. The minimum absolute atomic E-state index is 0.0306. The fraction of sp³-hybridized carbons (Fsp3) is 0.400. The number of morpholine rings is 2. The number of hydrogen-bond acceptors (Lipinski definition) is 7. The van der Waals surface area contributed by atoms with Crippen molar-refractivity contribution in [2.75, 3.05) is 46.0 Å². The van der Waals surface area contributed by atoms with Gasteiger partial charge in [-0.25, -0.2) is 4.98 Å². The highest BCUT2D eigenvalue weighted by molar-refractivity contribution is 7.20. The lowest BCUT2D eigenvalue weighted by Crippen LogP contribution is -2.43. The number of fused-ring (bicyclic) bond motifs is 1. The summed E-state index contributed by atoms with van der Waals surface area (Å²) in [5.41, 5.74) is 1.26. The summed E-state index contributed by atoms with van der Waals surface area (Å²) in [6.45, 7) is 3.45. The molecule has 0 unspecified atom stereocenters.